The van der Waals surface area contributed by atoms with Gasteiger partial charge in [-0.2, -0.15) is 0 Å². The van der Waals surface area contributed by atoms with Gasteiger partial charge in [-0.15, -0.1) is 0 Å². The van der Waals surface area contributed by atoms with E-state index in [1.165, 1.54) is 0 Å². The Balaban J connectivity index is 3.01. The number of likely N-dealkylation sites (tertiary alicyclic amines) is 1. The van der Waals surface area contributed by atoms with Gasteiger partial charge in [0.15, 0.2) is 0 Å². The van der Waals surface area contributed by atoms with E-state index in [-0.39, 0.29) is 23.2 Å². The van der Waals surface area contributed by atoms with Crippen LogP contribution in [-0.4, -0.2) is 35.8 Å². The summed E-state index contributed by atoms with van der Waals surface area (Å²) in [5.41, 5.74) is 11.3. The maximum absolute atomic E-state index is 12.2. The van der Waals surface area contributed by atoms with E-state index in [1.54, 1.807) is 4.90 Å². The number of carbonyl (C=O) groups excluding carboxylic acids is 2. The van der Waals surface area contributed by atoms with Gasteiger partial charge in [0.1, 0.15) is 6.04 Å². The van der Waals surface area contributed by atoms with Gasteiger partial charge in [-0.05, 0) is 23.8 Å². The molecule has 116 valence electrons. The monoisotopic (exact) mass is 283 g/mol. The van der Waals surface area contributed by atoms with Gasteiger partial charge < -0.3 is 16.4 Å². The van der Waals surface area contributed by atoms with Gasteiger partial charge in [-0.1, -0.05) is 40.5 Å². The fraction of sp³-hybridized carbons (Fsp3) is 0.867. The molecule has 0 bridgehead atoms. The summed E-state index contributed by atoms with van der Waals surface area (Å²) >= 11 is 0. The molecule has 3 atom stereocenters. The quantitative estimate of drug-likeness (QED) is 0.733. The molecule has 1 heterocycles. The van der Waals surface area contributed by atoms with Crippen LogP contribution in [0.4, 0.5) is 0 Å². The van der Waals surface area contributed by atoms with E-state index in [0.717, 1.165) is 12.8 Å². The molecule has 1 fully saturated rings. The number of hydrogen-bond donors (Lipinski definition) is 2. The van der Waals surface area contributed by atoms with Crippen LogP contribution in [0.15, 0.2) is 0 Å². The number of amides is 2. The molecule has 0 aromatic rings. The molecule has 4 N–H and O–H groups in total. The van der Waals surface area contributed by atoms with E-state index in [0.29, 0.717) is 19.5 Å². The highest BCUT2D eigenvalue weighted by atomic mass is 16.2. The largest absolute Gasteiger partial charge is 0.368 e. The topological polar surface area (TPSA) is 89.4 Å². The van der Waals surface area contributed by atoms with Crippen molar-refractivity contribution in [2.45, 2.75) is 53.0 Å². The van der Waals surface area contributed by atoms with Gasteiger partial charge in [-0.25, -0.2) is 0 Å². The van der Waals surface area contributed by atoms with Gasteiger partial charge in [0.25, 0.3) is 0 Å². The summed E-state index contributed by atoms with van der Waals surface area (Å²) in [6.45, 7) is 9.46. The molecule has 1 aliphatic heterocycles. The van der Waals surface area contributed by atoms with Crippen LogP contribution in [0.1, 0.15) is 47.0 Å². The molecule has 0 spiro atoms. The normalized spacial score (nSPS) is 22.9. The predicted molar refractivity (Wildman–Crippen MR) is 79.7 cm³/mol. The van der Waals surface area contributed by atoms with Gasteiger partial charge in [0.05, 0.1) is 0 Å². The molecular formula is C15H29N3O2. The molecule has 20 heavy (non-hydrogen) atoms. The number of carbonyl (C=O) groups is 2. The Hall–Kier alpha value is -1.10. The zero-order chi connectivity index (χ0) is 15.5. The smallest absolute Gasteiger partial charge is 0.240 e. The summed E-state index contributed by atoms with van der Waals surface area (Å²) in [6, 6.07) is -0.524. The van der Waals surface area contributed by atoms with E-state index in [4.69, 9.17) is 11.5 Å². The average Bonchev–Trinajstić information content (AvgIpc) is 2.79. The minimum Gasteiger partial charge on any atom is -0.368 e. The van der Waals surface area contributed by atoms with Crippen LogP contribution in [0.3, 0.4) is 0 Å². The second kappa shape index (κ2) is 6.57. The van der Waals surface area contributed by atoms with E-state index < -0.39 is 11.9 Å². The number of primary amides is 1. The van der Waals surface area contributed by atoms with Crippen molar-refractivity contribution in [3.8, 4) is 0 Å². The molecule has 0 radical (unpaired) electrons. The molecule has 1 saturated heterocycles. The molecule has 5 nitrogen and oxygen atoms in total. The first-order chi connectivity index (χ1) is 9.30. The molecule has 0 aromatic carbocycles. The average molecular weight is 283 g/mol. The van der Waals surface area contributed by atoms with Crippen molar-refractivity contribution in [2.75, 3.05) is 13.1 Å². The van der Waals surface area contributed by atoms with Gasteiger partial charge in [0, 0.05) is 13.0 Å². The number of nitrogens with zero attached hydrogens (tertiary/aromatic N) is 1. The van der Waals surface area contributed by atoms with Crippen LogP contribution in [0, 0.1) is 17.3 Å². The number of hydrogen-bond acceptors (Lipinski definition) is 3. The Labute approximate surface area is 122 Å². The number of rotatable bonds is 7. The van der Waals surface area contributed by atoms with E-state index in [9.17, 15) is 9.59 Å². The molecule has 0 aromatic heterocycles. The third-order valence-electron chi connectivity index (χ3n) is 5.39. The Morgan fingerprint density at radius 3 is 2.35 bits per heavy atom. The highest BCUT2D eigenvalue weighted by Gasteiger charge is 2.44. The van der Waals surface area contributed by atoms with Crippen LogP contribution in [0.25, 0.3) is 0 Å². The molecule has 0 saturated carbocycles. The molecule has 3 unspecified atom stereocenters. The van der Waals surface area contributed by atoms with Gasteiger partial charge in [-0.3, -0.25) is 9.59 Å². The standard InChI is InChI=1S/C15H29N3O2/c1-5-15(4,6-2)10(3)13(14(17)20)18-9-11(8-16)7-12(18)19/h10-11,13H,5-9,16H2,1-4H3,(H2,17,20). The van der Waals surface area contributed by atoms with Crippen molar-refractivity contribution in [2.24, 2.45) is 28.7 Å². The fourth-order valence-electron chi connectivity index (χ4n) is 3.18. The molecule has 2 amide bonds. The van der Waals surface area contributed by atoms with E-state index in [2.05, 4.69) is 20.8 Å². The molecule has 1 aliphatic rings. The van der Waals surface area contributed by atoms with Crippen LogP contribution in [0.5, 0.6) is 0 Å². The summed E-state index contributed by atoms with van der Waals surface area (Å²) in [6.07, 6.45) is 2.34. The summed E-state index contributed by atoms with van der Waals surface area (Å²) in [4.78, 5) is 25.8. The lowest BCUT2D eigenvalue weighted by Crippen LogP contribution is -2.53. The van der Waals surface area contributed by atoms with Crippen LogP contribution < -0.4 is 11.5 Å². The molecule has 1 rings (SSSR count). The second-order valence-corrected chi connectivity index (χ2v) is 6.35. The third kappa shape index (κ3) is 3.14. The lowest BCUT2D eigenvalue weighted by atomic mass is 9.70. The molecular weight excluding hydrogens is 254 g/mol. The summed E-state index contributed by atoms with van der Waals surface area (Å²) in [5, 5.41) is 0. The van der Waals surface area contributed by atoms with Gasteiger partial charge in [0.2, 0.25) is 11.8 Å². The third-order valence-corrected chi connectivity index (χ3v) is 5.39. The minimum absolute atomic E-state index is 0.000772. The zero-order valence-electron chi connectivity index (χ0n) is 13.2. The van der Waals surface area contributed by atoms with Crippen LogP contribution in [-0.2, 0) is 9.59 Å². The lowest BCUT2D eigenvalue weighted by molar-refractivity contribution is -0.139. The van der Waals surface area contributed by atoms with Crippen molar-refractivity contribution >= 4 is 11.8 Å². The Morgan fingerprint density at radius 1 is 1.45 bits per heavy atom. The minimum atomic E-state index is -0.524. The maximum atomic E-state index is 12.2. The van der Waals surface area contributed by atoms with Gasteiger partial charge >= 0.3 is 0 Å². The first kappa shape index (κ1) is 17.0. The van der Waals surface area contributed by atoms with Crippen LogP contribution >= 0.6 is 0 Å². The van der Waals surface area contributed by atoms with Crippen LogP contribution in [0.2, 0.25) is 0 Å². The first-order valence-corrected chi connectivity index (χ1v) is 7.59. The Kier molecular flexibility index (Phi) is 5.57. The summed E-state index contributed by atoms with van der Waals surface area (Å²) < 4.78 is 0. The highest BCUT2D eigenvalue weighted by molar-refractivity contribution is 5.88. The van der Waals surface area contributed by atoms with Crippen molar-refractivity contribution in [1.82, 2.24) is 4.90 Å². The Morgan fingerprint density at radius 2 is 2.00 bits per heavy atom. The maximum Gasteiger partial charge on any atom is 0.240 e. The number of nitrogens with two attached hydrogens (primary N) is 2. The molecule has 5 heteroatoms. The zero-order valence-corrected chi connectivity index (χ0v) is 13.2. The van der Waals surface area contributed by atoms with Crippen molar-refractivity contribution in [1.29, 1.82) is 0 Å². The van der Waals surface area contributed by atoms with Crippen molar-refractivity contribution < 1.29 is 9.59 Å². The molecule has 0 aliphatic carbocycles. The van der Waals surface area contributed by atoms with E-state index >= 15 is 0 Å². The first-order valence-electron chi connectivity index (χ1n) is 7.59. The van der Waals surface area contributed by atoms with Crippen molar-refractivity contribution in [3.05, 3.63) is 0 Å². The SMILES string of the molecule is CCC(C)(CC)C(C)C(C(N)=O)N1CC(CN)CC1=O. The van der Waals surface area contributed by atoms with E-state index in [1.807, 2.05) is 6.92 Å². The summed E-state index contributed by atoms with van der Waals surface area (Å²) in [5.74, 6) is -0.219. The Bertz CT molecular complexity index is 366. The fourth-order valence-corrected chi connectivity index (χ4v) is 3.18. The highest BCUT2D eigenvalue weighted by Crippen LogP contribution is 2.39. The van der Waals surface area contributed by atoms with Crippen molar-refractivity contribution in [3.63, 3.8) is 0 Å². The summed E-state index contributed by atoms with van der Waals surface area (Å²) in [7, 11) is 0. The second-order valence-electron chi connectivity index (χ2n) is 6.35. The predicted octanol–water partition coefficient (Wildman–Crippen LogP) is 1.11. The lowest BCUT2D eigenvalue weighted by Gasteiger charge is -2.41.